The molecule has 0 radical (unpaired) electrons. The van der Waals surface area contributed by atoms with E-state index in [1.165, 1.54) is 6.07 Å². The summed E-state index contributed by atoms with van der Waals surface area (Å²) in [5.41, 5.74) is 2.02. The molecular weight excluding hydrogens is 326 g/mol. The topological polar surface area (TPSA) is 56.4 Å². The lowest BCUT2D eigenvalue weighted by Gasteiger charge is -2.40. The SMILES string of the molecule is CN1CCN(C(=O)c2cc(=O)[nH]c3ccccc23)C(c2ccccc2)C1. The first kappa shape index (κ1) is 16.5. The summed E-state index contributed by atoms with van der Waals surface area (Å²) in [6.07, 6.45) is 0. The Morgan fingerprint density at radius 2 is 1.77 bits per heavy atom. The second kappa shape index (κ2) is 6.77. The van der Waals surface area contributed by atoms with Crippen molar-refractivity contribution in [3.63, 3.8) is 0 Å². The maximum absolute atomic E-state index is 13.4. The van der Waals surface area contributed by atoms with Crippen molar-refractivity contribution in [2.24, 2.45) is 0 Å². The number of hydrogen-bond donors (Lipinski definition) is 1. The summed E-state index contributed by atoms with van der Waals surface area (Å²) in [6, 6.07) is 18.9. The predicted molar refractivity (Wildman–Crippen MR) is 102 cm³/mol. The van der Waals surface area contributed by atoms with Gasteiger partial charge in [0.15, 0.2) is 0 Å². The average molecular weight is 347 g/mol. The van der Waals surface area contributed by atoms with E-state index in [4.69, 9.17) is 0 Å². The highest BCUT2D eigenvalue weighted by Gasteiger charge is 2.31. The van der Waals surface area contributed by atoms with E-state index in [1.807, 2.05) is 47.4 Å². The van der Waals surface area contributed by atoms with Gasteiger partial charge in [0.05, 0.1) is 11.6 Å². The van der Waals surface area contributed by atoms with Crippen molar-refractivity contribution in [1.82, 2.24) is 14.8 Å². The number of carbonyl (C=O) groups excluding carboxylic acids is 1. The molecule has 26 heavy (non-hydrogen) atoms. The molecular formula is C21H21N3O2. The third kappa shape index (κ3) is 3.02. The van der Waals surface area contributed by atoms with Gasteiger partial charge in [-0.1, -0.05) is 48.5 Å². The standard InChI is InChI=1S/C21H21N3O2/c1-23-11-12-24(19(14-23)15-7-3-2-4-8-15)21(26)17-13-20(25)22-18-10-6-5-9-16(17)18/h2-10,13,19H,11-12,14H2,1H3,(H,22,25). The number of aromatic amines is 1. The van der Waals surface area contributed by atoms with E-state index >= 15 is 0 Å². The smallest absolute Gasteiger partial charge is 0.255 e. The Labute approximate surface area is 151 Å². The third-order valence-corrected chi connectivity index (χ3v) is 5.01. The van der Waals surface area contributed by atoms with Crippen molar-refractivity contribution >= 4 is 16.8 Å². The lowest BCUT2D eigenvalue weighted by atomic mass is 10.00. The lowest BCUT2D eigenvalue weighted by Crippen LogP contribution is -2.49. The summed E-state index contributed by atoms with van der Waals surface area (Å²) < 4.78 is 0. The highest BCUT2D eigenvalue weighted by Crippen LogP contribution is 2.28. The number of rotatable bonds is 2. The fourth-order valence-corrected chi connectivity index (χ4v) is 3.66. The molecule has 4 rings (SSSR count). The van der Waals surface area contributed by atoms with Crippen molar-refractivity contribution in [2.45, 2.75) is 6.04 Å². The third-order valence-electron chi connectivity index (χ3n) is 5.01. The van der Waals surface area contributed by atoms with Crippen LogP contribution in [0.25, 0.3) is 10.9 Å². The van der Waals surface area contributed by atoms with Gasteiger partial charge in [0, 0.05) is 36.6 Å². The number of hydrogen-bond acceptors (Lipinski definition) is 3. The second-order valence-corrected chi connectivity index (χ2v) is 6.78. The number of nitrogens with one attached hydrogen (secondary N) is 1. The lowest BCUT2D eigenvalue weighted by molar-refractivity contribution is 0.0500. The highest BCUT2D eigenvalue weighted by molar-refractivity contribution is 6.06. The summed E-state index contributed by atoms with van der Waals surface area (Å²) in [7, 11) is 2.07. The van der Waals surface area contributed by atoms with Crippen LogP contribution < -0.4 is 5.56 Å². The van der Waals surface area contributed by atoms with Crippen molar-refractivity contribution in [3.05, 3.63) is 82.1 Å². The van der Waals surface area contributed by atoms with E-state index in [0.29, 0.717) is 17.6 Å². The van der Waals surface area contributed by atoms with Gasteiger partial charge >= 0.3 is 0 Å². The van der Waals surface area contributed by atoms with Crippen LogP contribution in [0.1, 0.15) is 22.0 Å². The molecule has 2 heterocycles. The second-order valence-electron chi connectivity index (χ2n) is 6.78. The van der Waals surface area contributed by atoms with E-state index < -0.39 is 0 Å². The van der Waals surface area contributed by atoms with Gasteiger partial charge in [0.1, 0.15) is 0 Å². The van der Waals surface area contributed by atoms with Gasteiger partial charge in [-0.05, 0) is 18.7 Å². The fourth-order valence-electron chi connectivity index (χ4n) is 3.66. The monoisotopic (exact) mass is 347 g/mol. The van der Waals surface area contributed by atoms with E-state index in [-0.39, 0.29) is 17.5 Å². The van der Waals surface area contributed by atoms with Crippen LogP contribution in [0.5, 0.6) is 0 Å². The number of pyridine rings is 1. The minimum Gasteiger partial charge on any atom is -0.329 e. The van der Waals surface area contributed by atoms with Crippen LogP contribution in [-0.4, -0.2) is 47.4 Å². The zero-order valence-electron chi connectivity index (χ0n) is 14.7. The number of nitrogens with zero attached hydrogens (tertiary/aromatic N) is 2. The maximum atomic E-state index is 13.4. The maximum Gasteiger partial charge on any atom is 0.255 e. The molecule has 1 aliphatic rings. The molecule has 0 spiro atoms. The summed E-state index contributed by atoms with van der Waals surface area (Å²) in [5, 5.41) is 0.780. The molecule has 132 valence electrons. The Morgan fingerprint density at radius 1 is 1.04 bits per heavy atom. The van der Waals surface area contributed by atoms with Crippen LogP contribution in [0.2, 0.25) is 0 Å². The molecule has 1 fully saturated rings. The summed E-state index contributed by atoms with van der Waals surface area (Å²) in [5.74, 6) is -0.0887. The number of para-hydroxylation sites is 1. The number of amides is 1. The number of fused-ring (bicyclic) bond motifs is 1. The van der Waals surface area contributed by atoms with Gasteiger partial charge in [-0.2, -0.15) is 0 Å². The first-order valence-corrected chi connectivity index (χ1v) is 8.80. The molecule has 1 atom stereocenters. The summed E-state index contributed by atoms with van der Waals surface area (Å²) in [4.78, 5) is 32.4. The summed E-state index contributed by atoms with van der Waals surface area (Å²) in [6.45, 7) is 2.23. The van der Waals surface area contributed by atoms with Gasteiger partial charge in [0.2, 0.25) is 5.56 Å². The number of aromatic nitrogens is 1. The number of likely N-dealkylation sites (N-methyl/N-ethyl adjacent to an activating group) is 1. The van der Waals surface area contributed by atoms with Crippen LogP contribution in [-0.2, 0) is 0 Å². The zero-order chi connectivity index (χ0) is 18.1. The van der Waals surface area contributed by atoms with Crippen molar-refractivity contribution in [1.29, 1.82) is 0 Å². The molecule has 0 bridgehead atoms. The van der Waals surface area contributed by atoms with Gasteiger partial charge in [-0.15, -0.1) is 0 Å². The molecule has 0 aliphatic carbocycles. The largest absolute Gasteiger partial charge is 0.329 e. The van der Waals surface area contributed by atoms with E-state index in [2.05, 4.69) is 29.1 Å². The molecule has 3 aromatic rings. The molecule has 1 aliphatic heterocycles. The minimum atomic E-state index is -0.252. The van der Waals surface area contributed by atoms with Crippen LogP contribution in [0.3, 0.4) is 0 Å². The first-order chi connectivity index (χ1) is 12.6. The zero-order valence-corrected chi connectivity index (χ0v) is 14.7. The molecule has 1 N–H and O–H groups in total. The van der Waals surface area contributed by atoms with Gasteiger partial charge in [-0.25, -0.2) is 0 Å². The Morgan fingerprint density at radius 3 is 2.58 bits per heavy atom. The first-order valence-electron chi connectivity index (χ1n) is 8.80. The van der Waals surface area contributed by atoms with Crippen LogP contribution in [0.15, 0.2) is 65.5 Å². The van der Waals surface area contributed by atoms with Crippen LogP contribution in [0, 0.1) is 0 Å². The Hall–Kier alpha value is -2.92. The number of carbonyl (C=O) groups is 1. The van der Waals surface area contributed by atoms with Crippen molar-refractivity contribution in [3.8, 4) is 0 Å². The Balaban J connectivity index is 1.78. The average Bonchev–Trinajstić information content (AvgIpc) is 2.67. The minimum absolute atomic E-state index is 0.0273. The Kier molecular flexibility index (Phi) is 4.31. The molecule has 0 saturated carbocycles. The van der Waals surface area contributed by atoms with Gasteiger partial charge in [0.25, 0.3) is 5.91 Å². The molecule has 1 amide bonds. The number of benzene rings is 2. The van der Waals surface area contributed by atoms with E-state index in [1.54, 1.807) is 0 Å². The van der Waals surface area contributed by atoms with Gasteiger partial charge < -0.3 is 14.8 Å². The predicted octanol–water partition coefficient (Wildman–Crippen LogP) is 2.66. The Bertz CT molecular complexity index is 997. The molecule has 2 aromatic carbocycles. The van der Waals surface area contributed by atoms with Crippen LogP contribution in [0.4, 0.5) is 0 Å². The van der Waals surface area contributed by atoms with Gasteiger partial charge in [-0.3, -0.25) is 9.59 Å². The molecule has 1 saturated heterocycles. The van der Waals surface area contributed by atoms with Crippen molar-refractivity contribution in [2.75, 3.05) is 26.7 Å². The number of piperazine rings is 1. The normalized spacial score (nSPS) is 18.2. The van der Waals surface area contributed by atoms with Crippen molar-refractivity contribution < 1.29 is 4.79 Å². The fraction of sp³-hybridized carbons (Fsp3) is 0.238. The molecule has 1 aromatic heterocycles. The van der Waals surface area contributed by atoms with Crippen LogP contribution >= 0.6 is 0 Å². The quantitative estimate of drug-likeness (QED) is 0.775. The number of H-pyrrole nitrogens is 1. The highest BCUT2D eigenvalue weighted by atomic mass is 16.2. The summed E-state index contributed by atoms with van der Waals surface area (Å²) >= 11 is 0. The molecule has 1 unspecified atom stereocenters. The molecule has 5 heteroatoms. The molecule has 5 nitrogen and oxygen atoms in total. The van der Waals surface area contributed by atoms with E-state index in [9.17, 15) is 9.59 Å². The van der Waals surface area contributed by atoms with E-state index in [0.717, 1.165) is 24.0 Å².